The third-order valence-electron chi connectivity index (χ3n) is 6.32. The van der Waals surface area contributed by atoms with Crippen LogP contribution in [0.15, 0.2) is 55.0 Å². The summed E-state index contributed by atoms with van der Waals surface area (Å²) in [6.45, 7) is 2.24. The Kier molecular flexibility index (Phi) is 6.63. The van der Waals surface area contributed by atoms with Crippen LogP contribution in [0.3, 0.4) is 0 Å². The van der Waals surface area contributed by atoms with E-state index in [1.165, 1.54) is 6.07 Å². The molecule has 0 spiro atoms. The first-order chi connectivity index (χ1) is 18.3. The molecule has 0 radical (unpaired) electrons. The van der Waals surface area contributed by atoms with Gasteiger partial charge in [-0.05, 0) is 62.1 Å². The summed E-state index contributed by atoms with van der Waals surface area (Å²) >= 11 is 0. The molecule has 11 heteroatoms. The second-order valence-electron chi connectivity index (χ2n) is 8.73. The van der Waals surface area contributed by atoms with Crippen LogP contribution < -0.4 is 10.5 Å². The molecule has 0 bridgehead atoms. The highest BCUT2D eigenvalue weighted by Crippen LogP contribution is 2.36. The minimum atomic E-state index is -4.44. The van der Waals surface area contributed by atoms with Gasteiger partial charge >= 0.3 is 6.18 Å². The highest BCUT2D eigenvalue weighted by molar-refractivity contribution is 5.94. The number of hydrogen-bond acceptors (Lipinski definition) is 6. The largest absolute Gasteiger partial charge is 0.487 e. The summed E-state index contributed by atoms with van der Waals surface area (Å²) in [5, 5.41) is 0. The highest BCUT2D eigenvalue weighted by atomic mass is 19.4. The maximum atomic E-state index is 12.7. The number of alkyl halides is 3. The van der Waals surface area contributed by atoms with Crippen molar-refractivity contribution in [1.29, 1.82) is 0 Å². The van der Waals surface area contributed by atoms with Gasteiger partial charge in [0.25, 0.3) is 5.91 Å². The number of amides is 1. The first-order valence-corrected chi connectivity index (χ1v) is 11.9. The van der Waals surface area contributed by atoms with Crippen LogP contribution >= 0.6 is 0 Å². The van der Waals surface area contributed by atoms with Crippen LogP contribution in [0.1, 0.15) is 42.9 Å². The molecule has 1 saturated heterocycles. The van der Waals surface area contributed by atoms with Gasteiger partial charge in [0.05, 0.1) is 17.3 Å². The van der Waals surface area contributed by atoms with E-state index in [4.69, 9.17) is 15.5 Å². The number of nitrogens with zero attached hydrogens (tertiary/aromatic N) is 5. The predicted octanol–water partition coefficient (Wildman–Crippen LogP) is 4.66. The number of nitrogen functional groups attached to an aromatic ring is 1. The lowest BCUT2D eigenvalue weighted by Crippen LogP contribution is -2.30. The van der Waals surface area contributed by atoms with Crippen molar-refractivity contribution in [2.45, 2.75) is 38.6 Å². The summed E-state index contributed by atoms with van der Waals surface area (Å²) in [4.78, 5) is 27.3. The molecule has 1 amide bonds. The monoisotopic (exact) mass is 520 g/mol. The van der Waals surface area contributed by atoms with Crippen molar-refractivity contribution >= 4 is 17.2 Å². The summed E-state index contributed by atoms with van der Waals surface area (Å²) in [6.07, 6.45) is 1.31. The van der Waals surface area contributed by atoms with Crippen LogP contribution in [0.25, 0.3) is 16.8 Å². The van der Waals surface area contributed by atoms with Crippen molar-refractivity contribution in [3.8, 4) is 28.8 Å². The fraction of sp³-hybridized carbons (Fsp3) is 0.259. The van der Waals surface area contributed by atoms with Crippen molar-refractivity contribution in [3.05, 3.63) is 72.1 Å². The van der Waals surface area contributed by atoms with Gasteiger partial charge < -0.3 is 15.4 Å². The molecule has 1 aliphatic rings. The molecule has 2 N–H and O–H groups in total. The van der Waals surface area contributed by atoms with Gasteiger partial charge in [-0.2, -0.15) is 13.2 Å². The normalized spacial score (nSPS) is 15.4. The van der Waals surface area contributed by atoms with Crippen LogP contribution in [-0.2, 0) is 17.6 Å². The van der Waals surface area contributed by atoms with Gasteiger partial charge in [-0.1, -0.05) is 5.92 Å². The van der Waals surface area contributed by atoms with Crippen molar-refractivity contribution in [2.24, 2.45) is 0 Å². The average molecular weight is 521 g/mol. The van der Waals surface area contributed by atoms with Gasteiger partial charge in [-0.15, -0.1) is 0 Å². The van der Waals surface area contributed by atoms with Crippen molar-refractivity contribution < 1.29 is 22.7 Å². The van der Waals surface area contributed by atoms with Crippen molar-refractivity contribution in [2.75, 3.05) is 12.3 Å². The SMILES string of the molecule is CC#CC(=O)N1CCC[C@H]1c1nc(-c2ccc(OCc3ccc(C(F)(F)F)cn3)cc2)c2c(N)nccn12. The molecular weight excluding hydrogens is 497 g/mol. The van der Waals surface area contributed by atoms with E-state index in [0.29, 0.717) is 40.8 Å². The first-order valence-electron chi connectivity index (χ1n) is 11.9. The fourth-order valence-electron chi connectivity index (χ4n) is 4.52. The minimum absolute atomic E-state index is 0.0120. The van der Waals surface area contributed by atoms with E-state index in [2.05, 4.69) is 21.8 Å². The van der Waals surface area contributed by atoms with E-state index in [1.807, 2.05) is 16.5 Å². The Morgan fingerprint density at radius 3 is 2.66 bits per heavy atom. The number of carbonyl (C=O) groups excluding carboxylic acids is 1. The summed E-state index contributed by atoms with van der Waals surface area (Å²) in [6, 6.07) is 9.11. The Bertz CT molecular complexity index is 1540. The Balaban J connectivity index is 1.40. The van der Waals surface area contributed by atoms with E-state index in [1.54, 1.807) is 36.4 Å². The number of hydrogen-bond donors (Lipinski definition) is 1. The lowest BCUT2D eigenvalue weighted by atomic mass is 10.1. The number of anilines is 1. The second kappa shape index (κ2) is 10.0. The molecule has 4 aromatic rings. The smallest absolute Gasteiger partial charge is 0.417 e. The minimum Gasteiger partial charge on any atom is -0.487 e. The van der Waals surface area contributed by atoms with E-state index >= 15 is 0 Å². The van der Waals surface area contributed by atoms with Crippen LogP contribution in [0.2, 0.25) is 0 Å². The molecule has 0 unspecified atom stereocenters. The maximum Gasteiger partial charge on any atom is 0.417 e. The molecule has 1 fully saturated rings. The summed E-state index contributed by atoms with van der Waals surface area (Å²) in [7, 11) is 0. The molecular formula is C27H23F3N6O2. The zero-order chi connectivity index (χ0) is 26.9. The standard InChI is InChI=1S/C27H23F3N6O2/c1-2-4-22(37)35-13-3-5-21(35)26-34-23(24-25(31)32-12-14-36(24)26)17-6-10-20(11-7-17)38-16-19-9-8-18(15-33-19)27(28,29)30/h6-12,14-15,21H,3,5,13,16H2,1H3,(H2,31,32)/t21-/m0/s1. The van der Waals surface area contributed by atoms with Gasteiger partial charge in [0.15, 0.2) is 0 Å². The van der Waals surface area contributed by atoms with Crippen molar-refractivity contribution in [1.82, 2.24) is 24.3 Å². The molecule has 3 aromatic heterocycles. The second-order valence-corrected chi connectivity index (χ2v) is 8.73. The van der Waals surface area contributed by atoms with Gasteiger partial charge in [0.2, 0.25) is 0 Å². The first kappa shape index (κ1) is 25.1. The number of aromatic nitrogens is 4. The Labute approximate surface area is 216 Å². The van der Waals surface area contributed by atoms with E-state index in [0.717, 1.165) is 30.7 Å². The number of pyridine rings is 1. The molecule has 0 aliphatic carbocycles. The van der Waals surface area contributed by atoms with Crippen LogP contribution in [-0.4, -0.2) is 36.7 Å². The number of nitrogens with two attached hydrogens (primary N) is 1. The summed E-state index contributed by atoms with van der Waals surface area (Å²) in [5.74, 6) is 6.55. The number of halogens is 3. The lowest BCUT2D eigenvalue weighted by Gasteiger charge is -2.21. The molecule has 8 nitrogen and oxygen atoms in total. The van der Waals surface area contributed by atoms with Gasteiger partial charge in [-0.3, -0.25) is 14.2 Å². The maximum absolute atomic E-state index is 12.7. The zero-order valence-corrected chi connectivity index (χ0v) is 20.4. The van der Waals surface area contributed by atoms with Crippen molar-refractivity contribution in [3.63, 3.8) is 0 Å². The molecule has 1 aromatic carbocycles. The number of benzene rings is 1. The van der Waals surface area contributed by atoms with Gasteiger partial charge in [0, 0.05) is 30.7 Å². The molecule has 4 heterocycles. The van der Waals surface area contributed by atoms with Gasteiger partial charge in [-0.25, -0.2) is 9.97 Å². The van der Waals surface area contributed by atoms with Crippen LogP contribution in [0.5, 0.6) is 5.75 Å². The number of fused-ring (bicyclic) bond motifs is 1. The summed E-state index contributed by atoms with van der Waals surface area (Å²) in [5.41, 5.74) is 7.82. The Morgan fingerprint density at radius 2 is 1.97 bits per heavy atom. The zero-order valence-electron chi connectivity index (χ0n) is 20.4. The topological polar surface area (TPSA) is 98.6 Å². The molecule has 1 atom stereocenters. The molecule has 194 valence electrons. The van der Waals surface area contributed by atoms with Crippen LogP contribution in [0.4, 0.5) is 19.0 Å². The Morgan fingerprint density at radius 1 is 1.18 bits per heavy atom. The van der Waals surface area contributed by atoms with Gasteiger partial charge in [0.1, 0.15) is 35.2 Å². The number of imidazole rings is 1. The lowest BCUT2D eigenvalue weighted by molar-refractivity contribution is -0.137. The number of rotatable bonds is 5. The predicted molar refractivity (Wildman–Crippen MR) is 134 cm³/mol. The molecule has 1 aliphatic heterocycles. The number of likely N-dealkylation sites (tertiary alicyclic amines) is 1. The average Bonchev–Trinajstić information content (AvgIpc) is 3.53. The van der Waals surface area contributed by atoms with E-state index in [-0.39, 0.29) is 18.6 Å². The molecule has 38 heavy (non-hydrogen) atoms. The number of carbonyl (C=O) groups is 1. The van der Waals surface area contributed by atoms with E-state index in [9.17, 15) is 18.0 Å². The third-order valence-corrected chi connectivity index (χ3v) is 6.32. The molecule has 0 saturated carbocycles. The van der Waals surface area contributed by atoms with E-state index < -0.39 is 11.7 Å². The van der Waals surface area contributed by atoms with Crippen LogP contribution in [0, 0.1) is 11.8 Å². The Hall–Kier alpha value is -4.59. The summed E-state index contributed by atoms with van der Waals surface area (Å²) < 4.78 is 45.8. The quantitative estimate of drug-likeness (QED) is 0.385. The third kappa shape index (κ3) is 4.85. The highest BCUT2D eigenvalue weighted by Gasteiger charge is 2.34. The number of ether oxygens (including phenoxy) is 1. The fourth-order valence-corrected chi connectivity index (χ4v) is 4.52. The molecule has 5 rings (SSSR count).